The van der Waals surface area contributed by atoms with Crippen LogP contribution in [0.4, 0.5) is 11.4 Å². The van der Waals surface area contributed by atoms with E-state index in [9.17, 15) is 0 Å². The predicted octanol–water partition coefficient (Wildman–Crippen LogP) is 13.2. The van der Waals surface area contributed by atoms with Crippen molar-refractivity contribution >= 4 is 49.1 Å². The number of aromatic nitrogens is 1. The van der Waals surface area contributed by atoms with Crippen molar-refractivity contribution in [3.63, 3.8) is 0 Å². The van der Waals surface area contributed by atoms with Crippen molar-refractivity contribution in [1.82, 2.24) is 4.57 Å². The normalized spacial score (nSPS) is 13.6. The fourth-order valence-corrected chi connectivity index (χ4v) is 9.70. The van der Waals surface area contributed by atoms with Crippen LogP contribution in [0, 0.1) is 0 Å². The van der Waals surface area contributed by atoms with Crippen molar-refractivity contribution in [3.05, 3.63) is 220 Å². The molecular weight excluding hydrogens is 708 g/mol. The van der Waals surface area contributed by atoms with Gasteiger partial charge in [-0.25, -0.2) is 0 Å². The maximum absolute atomic E-state index is 3.90. The fraction of sp³-hybridized carbons (Fsp3) is 0.0400. The first-order valence-corrected chi connectivity index (χ1v) is 19.0. The Hall–Kier alpha value is -6.16. The van der Waals surface area contributed by atoms with E-state index < -0.39 is 5.41 Å². The molecule has 1 spiro atoms. The molecule has 0 amide bonds. The maximum atomic E-state index is 3.90. The first-order chi connectivity index (χ1) is 26.2. The molecule has 0 atom stereocenters. The molecule has 8 aromatic carbocycles. The Labute approximate surface area is 317 Å². The average molecular weight is 742 g/mol. The number of halogens is 1. The maximum Gasteiger partial charge on any atom is 0.0783 e. The number of nitrogens with zero attached hydrogens (tertiary/aromatic N) is 2. The summed E-state index contributed by atoms with van der Waals surface area (Å²) in [7, 11) is 0. The molecule has 53 heavy (non-hydrogen) atoms. The largest absolute Gasteiger partial charge is 0.336 e. The van der Waals surface area contributed by atoms with E-state index >= 15 is 0 Å². The number of hydrogen-bond donors (Lipinski definition) is 0. The smallest absolute Gasteiger partial charge is 0.0783 e. The van der Waals surface area contributed by atoms with Crippen molar-refractivity contribution in [2.75, 3.05) is 4.90 Å². The van der Waals surface area contributed by atoms with Crippen LogP contribution in [-0.2, 0) is 12.0 Å². The average Bonchev–Trinajstić information content (AvgIpc) is 3.57. The molecule has 0 aliphatic carbocycles. The molecule has 0 unspecified atom stereocenters. The molecule has 9 aromatic rings. The number of para-hydroxylation sites is 3. The minimum Gasteiger partial charge on any atom is -0.336 e. The molecule has 0 radical (unpaired) electrons. The van der Waals surface area contributed by atoms with E-state index in [0.29, 0.717) is 0 Å². The Morgan fingerprint density at radius 3 is 1.68 bits per heavy atom. The Bertz CT molecular complexity index is 2800. The van der Waals surface area contributed by atoms with Crippen LogP contribution in [0.3, 0.4) is 0 Å². The molecular formula is C50H33BrN2. The van der Waals surface area contributed by atoms with E-state index in [0.717, 1.165) is 11.0 Å². The monoisotopic (exact) mass is 740 g/mol. The van der Waals surface area contributed by atoms with Gasteiger partial charge < -0.3 is 9.47 Å². The zero-order chi connectivity index (χ0) is 35.1. The lowest BCUT2D eigenvalue weighted by Crippen LogP contribution is -2.41. The van der Waals surface area contributed by atoms with Gasteiger partial charge in [-0.1, -0.05) is 162 Å². The van der Waals surface area contributed by atoms with Crippen LogP contribution in [-0.4, -0.2) is 4.57 Å². The van der Waals surface area contributed by atoms with Crippen molar-refractivity contribution < 1.29 is 0 Å². The third kappa shape index (κ3) is 4.32. The third-order valence-electron chi connectivity index (χ3n) is 11.5. The van der Waals surface area contributed by atoms with Crippen molar-refractivity contribution in [2.24, 2.45) is 0 Å². The van der Waals surface area contributed by atoms with Gasteiger partial charge in [-0.3, -0.25) is 0 Å². The Balaban J connectivity index is 1.33. The van der Waals surface area contributed by atoms with Gasteiger partial charge in [0.05, 0.1) is 22.1 Å². The van der Waals surface area contributed by atoms with Gasteiger partial charge in [-0.2, -0.15) is 0 Å². The summed E-state index contributed by atoms with van der Waals surface area (Å²) in [4.78, 5) is 2.55. The Morgan fingerprint density at radius 1 is 0.415 bits per heavy atom. The first kappa shape index (κ1) is 30.5. The SMILES string of the molecule is Brc1ccccc1CN1c2ccc(-c3ccccc3)cc2C2(c3cc(-c4ccccc4)ccc31)c1ccccc1-n1c3ccccc3c3cccc2c31. The minimum atomic E-state index is -0.620. The van der Waals surface area contributed by atoms with E-state index in [1.807, 2.05) is 0 Å². The highest BCUT2D eigenvalue weighted by Gasteiger charge is 2.51. The zero-order valence-electron chi connectivity index (χ0n) is 28.9. The number of anilines is 2. The summed E-state index contributed by atoms with van der Waals surface area (Å²) in [5.41, 5.74) is 16.8. The Kier molecular flexibility index (Phi) is 6.71. The van der Waals surface area contributed by atoms with Crippen molar-refractivity contribution in [1.29, 1.82) is 0 Å². The van der Waals surface area contributed by atoms with Gasteiger partial charge in [0.2, 0.25) is 0 Å². The standard InChI is InChI=1S/C50H33BrN2/c51-44-23-10-7-18-37(44)32-52-46-28-26-35(33-14-3-1-4-15-33)30-42(46)50(43-31-36(27-29-47(43)52)34-16-5-2-6-17-34)40-21-9-12-25-48(40)53-45-24-11-8-19-38(45)39-20-13-22-41(50)49(39)53/h1-31H,32H2. The molecule has 0 saturated heterocycles. The highest BCUT2D eigenvalue weighted by atomic mass is 79.9. The van der Waals surface area contributed by atoms with E-state index in [1.165, 1.54) is 88.9 Å². The second kappa shape index (κ2) is 11.7. The number of rotatable bonds is 4. The Morgan fingerprint density at radius 2 is 0.981 bits per heavy atom. The molecule has 0 N–H and O–H groups in total. The summed E-state index contributed by atoms with van der Waals surface area (Å²) in [6.45, 7) is 0.721. The van der Waals surface area contributed by atoms with Gasteiger partial charge >= 0.3 is 0 Å². The van der Waals surface area contributed by atoms with E-state index in [-0.39, 0.29) is 0 Å². The second-order valence-corrected chi connectivity index (χ2v) is 15.0. The van der Waals surface area contributed by atoms with Gasteiger partial charge in [0.1, 0.15) is 0 Å². The molecule has 0 bridgehead atoms. The summed E-state index contributed by atoms with van der Waals surface area (Å²) in [6, 6.07) is 69.6. The predicted molar refractivity (Wildman–Crippen MR) is 224 cm³/mol. The minimum absolute atomic E-state index is 0.620. The molecule has 0 fully saturated rings. The molecule has 2 aliphatic rings. The van der Waals surface area contributed by atoms with Crippen LogP contribution in [0.5, 0.6) is 0 Å². The van der Waals surface area contributed by atoms with Gasteiger partial charge in [-0.15, -0.1) is 0 Å². The van der Waals surface area contributed by atoms with Gasteiger partial charge in [0.15, 0.2) is 0 Å². The summed E-state index contributed by atoms with van der Waals surface area (Å²) >= 11 is 3.90. The summed E-state index contributed by atoms with van der Waals surface area (Å²) in [6.07, 6.45) is 0. The van der Waals surface area contributed by atoms with Crippen LogP contribution in [0.1, 0.15) is 27.8 Å². The van der Waals surface area contributed by atoms with Gasteiger partial charge in [0.25, 0.3) is 0 Å². The highest BCUT2D eigenvalue weighted by Crippen LogP contribution is 2.61. The fourth-order valence-electron chi connectivity index (χ4n) is 9.29. The second-order valence-electron chi connectivity index (χ2n) is 14.2. The topological polar surface area (TPSA) is 8.17 Å². The summed E-state index contributed by atoms with van der Waals surface area (Å²) in [5.74, 6) is 0. The molecule has 250 valence electrons. The van der Waals surface area contributed by atoms with Crippen LogP contribution in [0.25, 0.3) is 49.7 Å². The summed E-state index contributed by atoms with van der Waals surface area (Å²) in [5, 5.41) is 2.56. The molecule has 3 heteroatoms. The highest BCUT2D eigenvalue weighted by molar-refractivity contribution is 9.10. The molecule has 0 saturated carbocycles. The lowest BCUT2D eigenvalue weighted by atomic mass is 9.60. The quantitative estimate of drug-likeness (QED) is 0.174. The van der Waals surface area contributed by atoms with E-state index in [2.05, 4.69) is 213 Å². The van der Waals surface area contributed by atoms with Gasteiger partial charge in [0, 0.05) is 33.2 Å². The lowest BCUT2D eigenvalue weighted by Gasteiger charge is -2.49. The third-order valence-corrected chi connectivity index (χ3v) is 12.3. The molecule has 11 rings (SSSR count). The molecule has 2 nitrogen and oxygen atoms in total. The van der Waals surface area contributed by atoms with Crippen LogP contribution in [0.15, 0.2) is 193 Å². The summed E-state index contributed by atoms with van der Waals surface area (Å²) < 4.78 is 3.64. The van der Waals surface area contributed by atoms with E-state index in [1.54, 1.807) is 0 Å². The lowest BCUT2D eigenvalue weighted by molar-refractivity contribution is 0.703. The van der Waals surface area contributed by atoms with Crippen LogP contribution < -0.4 is 4.90 Å². The number of fused-ring (bicyclic) bond motifs is 11. The molecule has 3 heterocycles. The first-order valence-electron chi connectivity index (χ1n) is 18.3. The number of hydrogen-bond acceptors (Lipinski definition) is 1. The molecule has 2 aliphatic heterocycles. The van der Waals surface area contributed by atoms with Crippen molar-refractivity contribution in [2.45, 2.75) is 12.0 Å². The zero-order valence-corrected chi connectivity index (χ0v) is 30.5. The molecule has 1 aromatic heterocycles. The van der Waals surface area contributed by atoms with Crippen molar-refractivity contribution in [3.8, 4) is 27.9 Å². The van der Waals surface area contributed by atoms with Crippen LogP contribution >= 0.6 is 15.9 Å². The number of benzene rings is 8. The van der Waals surface area contributed by atoms with Crippen LogP contribution in [0.2, 0.25) is 0 Å². The van der Waals surface area contributed by atoms with E-state index in [4.69, 9.17) is 0 Å². The van der Waals surface area contributed by atoms with Gasteiger partial charge in [-0.05, 0) is 92.5 Å².